The van der Waals surface area contributed by atoms with Crippen LogP contribution in [0.1, 0.15) is 71.1 Å². The Balaban J connectivity index is 2.03. The summed E-state index contributed by atoms with van der Waals surface area (Å²) in [5.74, 6) is -0.0159. The summed E-state index contributed by atoms with van der Waals surface area (Å²) in [7, 11) is -2.31. The zero-order chi connectivity index (χ0) is 17.7. The van der Waals surface area contributed by atoms with Crippen LogP contribution in [0, 0.1) is 5.82 Å². The van der Waals surface area contributed by atoms with Crippen molar-refractivity contribution < 1.29 is 13.2 Å². The molecule has 0 unspecified atom stereocenters. The average Bonchev–Trinajstić information content (AvgIpc) is 2.54. The van der Waals surface area contributed by atoms with Gasteiger partial charge in [-0.15, -0.1) is 0 Å². The molecule has 0 fully saturated rings. The van der Waals surface area contributed by atoms with Gasteiger partial charge in [-0.25, -0.2) is 4.39 Å². The highest BCUT2D eigenvalue weighted by Crippen LogP contribution is 2.20. The van der Waals surface area contributed by atoms with Crippen LogP contribution in [0.3, 0.4) is 0 Å². The quantitative estimate of drug-likeness (QED) is 0.269. The molecule has 0 spiro atoms. The smallest absolute Gasteiger partial charge is 0.392 e. The zero-order valence-corrected chi connectivity index (χ0v) is 16.8. The molecule has 0 aromatic heterocycles. The summed E-state index contributed by atoms with van der Waals surface area (Å²) in [6, 6.07) is 6.53. The van der Waals surface area contributed by atoms with E-state index in [1.807, 2.05) is 13.1 Å². The Bertz CT molecular complexity index is 437. The highest BCUT2D eigenvalue weighted by Gasteiger charge is 2.27. The zero-order valence-electron chi connectivity index (χ0n) is 15.8. The van der Waals surface area contributed by atoms with Crippen molar-refractivity contribution in [3.05, 3.63) is 30.1 Å². The number of halogens is 1. The number of benzene rings is 1. The molecular formula is C20H35FO2Si. The van der Waals surface area contributed by atoms with Crippen LogP contribution < -0.4 is 4.43 Å². The molecule has 1 aromatic rings. The van der Waals surface area contributed by atoms with Gasteiger partial charge in [-0.1, -0.05) is 76.8 Å². The summed E-state index contributed by atoms with van der Waals surface area (Å²) in [6.45, 7) is 6.91. The van der Waals surface area contributed by atoms with Gasteiger partial charge < -0.3 is 8.85 Å². The predicted molar refractivity (Wildman–Crippen MR) is 102 cm³/mol. The molecule has 0 radical (unpaired) electrons. The molecule has 24 heavy (non-hydrogen) atoms. The molecule has 1 aromatic carbocycles. The molecule has 0 saturated carbocycles. The van der Waals surface area contributed by atoms with Crippen molar-refractivity contribution >= 4 is 8.56 Å². The van der Waals surface area contributed by atoms with Gasteiger partial charge in [0.15, 0.2) is 5.82 Å². The highest BCUT2D eigenvalue weighted by molar-refractivity contribution is 6.65. The third kappa shape index (κ3) is 10.1. The fourth-order valence-electron chi connectivity index (χ4n) is 2.73. The van der Waals surface area contributed by atoms with Gasteiger partial charge in [0.05, 0.1) is 0 Å². The van der Waals surface area contributed by atoms with E-state index in [9.17, 15) is 4.39 Å². The molecule has 0 heterocycles. The lowest BCUT2D eigenvalue weighted by Crippen LogP contribution is -2.39. The standard InChI is InChI=1S/C20H35FO2Si/c1-4-5-6-7-8-9-10-11-12-15-18-22-24(2,3)23-20-17-14-13-16-19(20)21/h13-14,16-17H,4-12,15,18H2,1-3H3. The molecule has 4 heteroatoms. The van der Waals surface area contributed by atoms with E-state index in [0.717, 1.165) is 6.42 Å². The highest BCUT2D eigenvalue weighted by atomic mass is 28.4. The lowest BCUT2D eigenvalue weighted by molar-refractivity contribution is 0.238. The first-order chi connectivity index (χ1) is 11.5. The maximum absolute atomic E-state index is 13.6. The van der Waals surface area contributed by atoms with Crippen molar-refractivity contribution in [1.82, 2.24) is 0 Å². The van der Waals surface area contributed by atoms with Gasteiger partial charge >= 0.3 is 8.56 Å². The van der Waals surface area contributed by atoms with Crippen LogP contribution in [-0.4, -0.2) is 15.2 Å². The van der Waals surface area contributed by atoms with E-state index >= 15 is 0 Å². The molecule has 138 valence electrons. The number of rotatable bonds is 14. The molecule has 0 aliphatic carbocycles. The first kappa shape index (κ1) is 21.2. The van der Waals surface area contributed by atoms with Crippen LogP contribution in [0.15, 0.2) is 24.3 Å². The molecule has 0 bridgehead atoms. The summed E-state index contributed by atoms with van der Waals surface area (Å²) in [5, 5.41) is 0. The Morgan fingerprint density at radius 3 is 1.96 bits per heavy atom. The minimum Gasteiger partial charge on any atom is -0.518 e. The van der Waals surface area contributed by atoms with Crippen LogP contribution in [-0.2, 0) is 4.43 Å². The summed E-state index contributed by atoms with van der Waals surface area (Å²) in [4.78, 5) is 0. The van der Waals surface area contributed by atoms with Gasteiger partial charge in [0.25, 0.3) is 0 Å². The van der Waals surface area contributed by atoms with E-state index in [-0.39, 0.29) is 5.82 Å². The average molecular weight is 355 g/mol. The first-order valence-electron chi connectivity index (χ1n) is 9.62. The second-order valence-electron chi connectivity index (χ2n) is 6.96. The monoisotopic (exact) mass is 354 g/mol. The largest absolute Gasteiger partial charge is 0.518 e. The molecule has 0 amide bonds. The van der Waals surface area contributed by atoms with Crippen molar-refractivity contribution in [1.29, 1.82) is 0 Å². The summed E-state index contributed by atoms with van der Waals surface area (Å²) >= 11 is 0. The maximum Gasteiger partial charge on any atom is 0.392 e. The third-order valence-electron chi connectivity index (χ3n) is 4.14. The number of unbranched alkanes of at least 4 members (excludes halogenated alkanes) is 9. The fraction of sp³-hybridized carbons (Fsp3) is 0.700. The fourth-order valence-corrected chi connectivity index (χ4v) is 4.12. The van der Waals surface area contributed by atoms with Gasteiger partial charge in [0, 0.05) is 6.61 Å². The summed E-state index contributed by atoms with van der Waals surface area (Å²) in [5.41, 5.74) is 0. The van der Waals surface area contributed by atoms with E-state index in [0.29, 0.717) is 12.4 Å². The van der Waals surface area contributed by atoms with Gasteiger partial charge in [-0.05, 0) is 31.6 Å². The lowest BCUT2D eigenvalue weighted by Gasteiger charge is -2.24. The molecule has 0 saturated heterocycles. The number of hydrogen-bond donors (Lipinski definition) is 0. The van der Waals surface area contributed by atoms with E-state index in [2.05, 4.69) is 6.92 Å². The van der Waals surface area contributed by atoms with Gasteiger partial charge in [-0.2, -0.15) is 0 Å². The van der Waals surface area contributed by atoms with Crippen molar-refractivity contribution in [3.8, 4) is 5.75 Å². The predicted octanol–water partition coefficient (Wildman–Crippen LogP) is 6.84. The van der Waals surface area contributed by atoms with E-state index < -0.39 is 8.56 Å². The van der Waals surface area contributed by atoms with Gasteiger partial charge in [0.2, 0.25) is 0 Å². The second-order valence-corrected chi connectivity index (χ2v) is 10.3. The third-order valence-corrected chi connectivity index (χ3v) is 5.75. The summed E-state index contributed by atoms with van der Waals surface area (Å²) < 4.78 is 25.3. The Labute approximate surface area is 149 Å². The Hall–Kier alpha value is -0.873. The van der Waals surface area contributed by atoms with Crippen LogP contribution in [0.5, 0.6) is 5.75 Å². The minimum absolute atomic E-state index is 0.303. The molecule has 0 N–H and O–H groups in total. The number of para-hydroxylation sites is 1. The molecule has 0 aliphatic heterocycles. The van der Waals surface area contributed by atoms with Crippen LogP contribution >= 0.6 is 0 Å². The van der Waals surface area contributed by atoms with Crippen LogP contribution in [0.2, 0.25) is 13.1 Å². The lowest BCUT2D eigenvalue weighted by atomic mass is 10.1. The van der Waals surface area contributed by atoms with E-state index in [4.69, 9.17) is 8.85 Å². The van der Waals surface area contributed by atoms with Crippen molar-refractivity contribution in [2.75, 3.05) is 6.61 Å². The Morgan fingerprint density at radius 2 is 1.38 bits per heavy atom. The molecule has 1 rings (SSSR count). The van der Waals surface area contributed by atoms with Crippen molar-refractivity contribution in [2.45, 2.75) is 84.2 Å². The molecule has 2 nitrogen and oxygen atoms in total. The Kier molecular flexibility index (Phi) is 11.0. The Morgan fingerprint density at radius 1 is 0.833 bits per heavy atom. The van der Waals surface area contributed by atoms with E-state index in [1.54, 1.807) is 18.2 Å². The van der Waals surface area contributed by atoms with Gasteiger partial charge in [0.1, 0.15) is 5.75 Å². The minimum atomic E-state index is -2.31. The first-order valence-corrected chi connectivity index (χ1v) is 12.4. The normalized spacial score (nSPS) is 11.7. The van der Waals surface area contributed by atoms with Gasteiger partial charge in [-0.3, -0.25) is 0 Å². The van der Waals surface area contributed by atoms with Crippen LogP contribution in [0.4, 0.5) is 4.39 Å². The molecular weight excluding hydrogens is 319 g/mol. The van der Waals surface area contributed by atoms with E-state index in [1.165, 1.54) is 63.9 Å². The molecule has 0 aliphatic rings. The topological polar surface area (TPSA) is 18.5 Å². The van der Waals surface area contributed by atoms with Crippen molar-refractivity contribution in [2.24, 2.45) is 0 Å². The molecule has 0 atom stereocenters. The van der Waals surface area contributed by atoms with Crippen LogP contribution in [0.25, 0.3) is 0 Å². The second kappa shape index (κ2) is 12.5. The van der Waals surface area contributed by atoms with Crippen molar-refractivity contribution in [3.63, 3.8) is 0 Å². The SMILES string of the molecule is CCCCCCCCCCCCO[Si](C)(C)Oc1ccccc1F. The number of hydrogen-bond acceptors (Lipinski definition) is 2. The maximum atomic E-state index is 13.6. The summed E-state index contributed by atoms with van der Waals surface area (Å²) in [6.07, 6.45) is 13.1.